The first kappa shape index (κ1) is 8.52. The van der Waals surface area contributed by atoms with E-state index >= 15 is 0 Å². The van der Waals surface area contributed by atoms with Crippen molar-refractivity contribution in [3.8, 4) is 0 Å². The maximum Gasteiger partial charge on any atom is 0.0139 e. The molecule has 2 heteroatoms. The Balaban J connectivity index is 1.82. The van der Waals surface area contributed by atoms with E-state index in [0.29, 0.717) is 6.04 Å². The summed E-state index contributed by atoms with van der Waals surface area (Å²) >= 11 is 0. The molecule has 1 heterocycles. The van der Waals surface area contributed by atoms with E-state index in [2.05, 4.69) is 11.8 Å². The number of likely N-dealkylation sites (tertiary alicyclic amines) is 1. The molecule has 2 N–H and O–H groups in total. The number of hydrogen-bond donors (Lipinski definition) is 1. The minimum Gasteiger partial charge on any atom is -0.327 e. The zero-order valence-electron chi connectivity index (χ0n) is 8.00. The zero-order valence-corrected chi connectivity index (χ0v) is 8.00. The highest BCUT2D eigenvalue weighted by Gasteiger charge is 2.35. The van der Waals surface area contributed by atoms with Gasteiger partial charge in [0.15, 0.2) is 0 Å². The van der Waals surface area contributed by atoms with Crippen LogP contribution < -0.4 is 5.73 Å². The fourth-order valence-electron chi connectivity index (χ4n) is 2.89. The Labute approximate surface area is 75.1 Å². The van der Waals surface area contributed by atoms with Crippen molar-refractivity contribution < 1.29 is 0 Å². The SMILES string of the molecule is C[C@@H](N)CN1CC2CCCC2C1. The topological polar surface area (TPSA) is 29.3 Å². The lowest BCUT2D eigenvalue weighted by Crippen LogP contribution is -2.34. The van der Waals surface area contributed by atoms with Gasteiger partial charge < -0.3 is 10.6 Å². The van der Waals surface area contributed by atoms with Crippen molar-refractivity contribution in [3.05, 3.63) is 0 Å². The molecule has 0 amide bonds. The van der Waals surface area contributed by atoms with E-state index in [1.165, 1.54) is 32.4 Å². The maximum absolute atomic E-state index is 5.78. The fourth-order valence-corrected chi connectivity index (χ4v) is 2.89. The summed E-state index contributed by atoms with van der Waals surface area (Å²) in [5.41, 5.74) is 5.78. The van der Waals surface area contributed by atoms with Gasteiger partial charge in [0.05, 0.1) is 0 Å². The van der Waals surface area contributed by atoms with Crippen LogP contribution in [0.5, 0.6) is 0 Å². The van der Waals surface area contributed by atoms with Crippen LogP contribution in [0.15, 0.2) is 0 Å². The molecule has 1 aliphatic carbocycles. The molecule has 2 nitrogen and oxygen atoms in total. The number of hydrogen-bond acceptors (Lipinski definition) is 2. The van der Waals surface area contributed by atoms with Gasteiger partial charge in [-0.2, -0.15) is 0 Å². The molecule has 0 aromatic rings. The molecule has 1 saturated heterocycles. The van der Waals surface area contributed by atoms with Crippen molar-refractivity contribution in [2.45, 2.75) is 32.2 Å². The van der Waals surface area contributed by atoms with Gasteiger partial charge in [-0.3, -0.25) is 0 Å². The Morgan fingerprint density at radius 1 is 1.33 bits per heavy atom. The molecule has 2 fully saturated rings. The van der Waals surface area contributed by atoms with Gasteiger partial charge in [0.1, 0.15) is 0 Å². The van der Waals surface area contributed by atoms with E-state index in [9.17, 15) is 0 Å². The monoisotopic (exact) mass is 168 g/mol. The van der Waals surface area contributed by atoms with E-state index < -0.39 is 0 Å². The third-order valence-electron chi connectivity index (χ3n) is 3.35. The lowest BCUT2D eigenvalue weighted by atomic mass is 10.0. The Morgan fingerprint density at radius 3 is 2.42 bits per heavy atom. The summed E-state index contributed by atoms with van der Waals surface area (Å²) in [4.78, 5) is 2.55. The summed E-state index contributed by atoms with van der Waals surface area (Å²) in [6.45, 7) is 5.86. The largest absolute Gasteiger partial charge is 0.327 e. The number of rotatable bonds is 2. The van der Waals surface area contributed by atoms with Crippen molar-refractivity contribution in [2.75, 3.05) is 19.6 Å². The Kier molecular flexibility index (Phi) is 2.37. The summed E-state index contributed by atoms with van der Waals surface area (Å²) in [5.74, 6) is 2.03. The van der Waals surface area contributed by atoms with Gasteiger partial charge in [-0.05, 0) is 31.6 Å². The van der Waals surface area contributed by atoms with Gasteiger partial charge in [0, 0.05) is 25.7 Å². The van der Waals surface area contributed by atoms with E-state index in [0.717, 1.165) is 18.4 Å². The van der Waals surface area contributed by atoms with Gasteiger partial charge in [-0.1, -0.05) is 6.42 Å². The van der Waals surface area contributed by atoms with Crippen LogP contribution in [0.25, 0.3) is 0 Å². The van der Waals surface area contributed by atoms with Crippen LogP contribution in [-0.2, 0) is 0 Å². The van der Waals surface area contributed by atoms with Crippen molar-refractivity contribution in [2.24, 2.45) is 17.6 Å². The molecular weight excluding hydrogens is 148 g/mol. The zero-order chi connectivity index (χ0) is 8.55. The van der Waals surface area contributed by atoms with Crippen LogP contribution in [0.3, 0.4) is 0 Å². The molecule has 1 aliphatic heterocycles. The van der Waals surface area contributed by atoms with Crippen LogP contribution in [-0.4, -0.2) is 30.6 Å². The van der Waals surface area contributed by atoms with E-state index in [4.69, 9.17) is 5.73 Å². The minimum absolute atomic E-state index is 0.351. The summed E-state index contributed by atoms with van der Waals surface area (Å²) in [5, 5.41) is 0. The highest BCUT2D eigenvalue weighted by molar-refractivity contribution is 4.88. The Hall–Kier alpha value is -0.0800. The molecule has 0 radical (unpaired) electrons. The third-order valence-corrected chi connectivity index (χ3v) is 3.35. The molecule has 0 bridgehead atoms. The average Bonchev–Trinajstić information content (AvgIpc) is 2.43. The number of nitrogens with zero attached hydrogens (tertiary/aromatic N) is 1. The quantitative estimate of drug-likeness (QED) is 0.668. The molecule has 1 saturated carbocycles. The lowest BCUT2D eigenvalue weighted by Gasteiger charge is -2.18. The Morgan fingerprint density at radius 2 is 1.92 bits per heavy atom. The highest BCUT2D eigenvalue weighted by atomic mass is 15.2. The molecule has 3 atom stereocenters. The minimum atomic E-state index is 0.351. The summed E-state index contributed by atoms with van der Waals surface area (Å²) in [6.07, 6.45) is 4.42. The van der Waals surface area contributed by atoms with Crippen LogP contribution in [0.4, 0.5) is 0 Å². The van der Waals surface area contributed by atoms with Crippen molar-refractivity contribution in [1.29, 1.82) is 0 Å². The normalized spacial score (nSPS) is 38.5. The standard InChI is InChI=1S/C10H20N2/c1-8(11)5-12-6-9-3-2-4-10(9)7-12/h8-10H,2-7,11H2,1H3/t8-,9?,10?/m1/s1. The molecule has 0 spiro atoms. The first-order valence-electron chi connectivity index (χ1n) is 5.23. The molecule has 12 heavy (non-hydrogen) atoms. The first-order valence-corrected chi connectivity index (χ1v) is 5.23. The second kappa shape index (κ2) is 3.35. The van der Waals surface area contributed by atoms with Crippen molar-refractivity contribution in [3.63, 3.8) is 0 Å². The molecule has 2 unspecified atom stereocenters. The number of nitrogens with two attached hydrogens (primary N) is 1. The van der Waals surface area contributed by atoms with Crippen LogP contribution in [0.2, 0.25) is 0 Å². The second-order valence-electron chi connectivity index (χ2n) is 4.65. The van der Waals surface area contributed by atoms with Crippen LogP contribution in [0.1, 0.15) is 26.2 Å². The van der Waals surface area contributed by atoms with Gasteiger partial charge in [-0.15, -0.1) is 0 Å². The summed E-state index contributed by atoms with van der Waals surface area (Å²) < 4.78 is 0. The van der Waals surface area contributed by atoms with E-state index in [1.807, 2.05) is 0 Å². The maximum atomic E-state index is 5.78. The van der Waals surface area contributed by atoms with Crippen molar-refractivity contribution in [1.82, 2.24) is 4.90 Å². The lowest BCUT2D eigenvalue weighted by molar-refractivity contribution is 0.296. The molecular formula is C10H20N2. The molecule has 0 aromatic heterocycles. The molecule has 70 valence electrons. The predicted molar refractivity (Wildman–Crippen MR) is 50.9 cm³/mol. The average molecular weight is 168 g/mol. The van der Waals surface area contributed by atoms with Crippen LogP contribution >= 0.6 is 0 Å². The predicted octanol–water partition coefficient (Wildman–Crippen LogP) is 1.07. The highest BCUT2D eigenvalue weighted by Crippen LogP contribution is 2.37. The second-order valence-corrected chi connectivity index (χ2v) is 4.65. The first-order chi connectivity index (χ1) is 5.75. The van der Waals surface area contributed by atoms with E-state index in [-0.39, 0.29) is 0 Å². The molecule has 2 rings (SSSR count). The smallest absolute Gasteiger partial charge is 0.0139 e. The van der Waals surface area contributed by atoms with Gasteiger partial charge in [-0.25, -0.2) is 0 Å². The molecule has 0 aromatic carbocycles. The van der Waals surface area contributed by atoms with Gasteiger partial charge >= 0.3 is 0 Å². The molecule has 2 aliphatic rings. The van der Waals surface area contributed by atoms with Gasteiger partial charge in [0.25, 0.3) is 0 Å². The summed E-state index contributed by atoms with van der Waals surface area (Å²) in [7, 11) is 0. The summed E-state index contributed by atoms with van der Waals surface area (Å²) in [6, 6.07) is 0.351. The fraction of sp³-hybridized carbons (Fsp3) is 1.00. The van der Waals surface area contributed by atoms with Gasteiger partial charge in [0.2, 0.25) is 0 Å². The Bertz CT molecular complexity index is 144. The van der Waals surface area contributed by atoms with E-state index in [1.54, 1.807) is 0 Å². The van der Waals surface area contributed by atoms with Crippen molar-refractivity contribution >= 4 is 0 Å². The van der Waals surface area contributed by atoms with Crippen LogP contribution in [0, 0.1) is 11.8 Å². The number of fused-ring (bicyclic) bond motifs is 1. The third kappa shape index (κ3) is 1.64.